The number of hydrogen-bond donors (Lipinski definition) is 2. The van der Waals surface area contributed by atoms with Gasteiger partial charge in [0.25, 0.3) is 0 Å². The average Bonchev–Trinajstić information content (AvgIpc) is 2.21. The van der Waals surface area contributed by atoms with E-state index in [0.29, 0.717) is 18.1 Å². The van der Waals surface area contributed by atoms with Gasteiger partial charge in [-0.25, -0.2) is 0 Å². The first-order valence-corrected chi connectivity index (χ1v) is 6.81. The molecule has 0 saturated heterocycles. The Hall–Kier alpha value is -0.120. The fraction of sp³-hybridized carbons (Fsp3) is 1.00. The van der Waals surface area contributed by atoms with Crippen LogP contribution in [-0.2, 0) is 4.74 Å². The maximum atomic E-state index is 9.58. The van der Waals surface area contributed by atoms with E-state index in [-0.39, 0.29) is 6.10 Å². The van der Waals surface area contributed by atoms with E-state index >= 15 is 0 Å². The Kier molecular flexibility index (Phi) is 4.62. The molecule has 2 saturated carbocycles. The zero-order valence-corrected chi connectivity index (χ0v) is 10.3. The lowest BCUT2D eigenvalue weighted by Gasteiger charge is -2.37. The van der Waals surface area contributed by atoms with Crippen LogP contribution in [0.4, 0.5) is 0 Å². The van der Waals surface area contributed by atoms with Crippen LogP contribution in [0.15, 0.2) is 0 Å². The van der Waals surface area contributed by atoms with Crippen molar-refractivity contribution in [2.24, 2.45) is 5.92 Å². The molecule has 2 aliphatic carbocycles. The third kappa shape index (κ3) is 3.44. The highest BCUT2D eigenvalue weighted by molar-refractivity contribution is 4.87. The fourth-order valence-electron chi connectivity index (χ4n) is 2.89. The fourth-order valence-corrected chi connectivity index (χ4v) is 2.89. The quantitative estimate of drug-likeness (QED) is 0.751. The predicted octanol–water partition coefficient (Wildman–Crippen LogP) is 1.69. The molecule has 0 aromatic rings. The minimum absolute atomic E-state index is 0.0434. The van der Waals surface area contributed by atoms with E-state index in [4.69, 9.17) is 4.74 Å². The van der Waals surface area contributed by atoms with E-state index in [1.807, 2.05) is 0 Å². The maximum Gasteiger partial charge on any atom is 0.0604 e. The summed E-state index contributed by atoms with van der Waals surface area (Å²) in [7, 11) is 0. The molecule has 0 spiro atoms. The smallest absolute Gasteiger partial charge is 0.0604 e. The van der Waals surface area contributed by atoms with Crippen molar-refractivity contribution in [1.82, 2.24) is 5.32 Å². The number of ether oxygens (including phenoxy) is 1. The summed E-state index contributed by atoms with van der Waals surface area (Å²) in [6.07, 6.45) is 7.27. The van der Waals surface area contributed by atoms with Gasteiger partial charge in [-0.3, -0.25) is 0 Å². The van der Waals surface area contributed by atoms with Gasteiger partial charge in [0.05, 0.1) is 12.2 Å². The van der Waals surface area contributed by atoms with Crippen molar-refractivity contribution in [2.75, 3.05) is 13.2 Å². The lowest BCUT2D eigenvalue weighted by Crippen LogP contribution is -2.47. The average molecular weight is 227 g/mol. The molecule has 2 fully saturated rings. The molecule has 3 heteroatoms. The summed E-state index contributed by atoms with van der Waals surface area (Å²) < 4.78 is 5.54. The first-order chi connectivity index (χ1) is 7.78. The van der Waals surface area contributed by atoms with Gasteiger partial charge in [0.1, 0.15) is 0 Å². The molecule has 0 aliphatic heterocycles. The van der Waals surface area contributed by atoms with E-state index in [2.05, 4.69) is 12.2 Å². The summed E-state index contributed by atoms with van der Waals surface area (Å²) in [6, 6.07) is 0.663. The molecular formula is C13H25NO2. The summed E-state index contributed by atoms with van der Waals surface area (Å²) in [5.41, 5.74) is 0. The van der Waals surface area contributed by atoms with Gasteiger partial charge >= 0.3 is 0 Å². The van der Waals surface area contributed by atoms with Gasteiger partial charge in [-0.1, -0.05) is 6.42 Å². The Morgan fingerprint density at radius 2 is 2.06 bits per heavy atom. The molecule has 0 amide bonds. The number of aliphatic hydroxyl groups is 1. The van der Waals surface area contributed by atoms with Crippen molar-refractivity contribution in [3.63, 3.8) is 0 Å². The van der Waals surface area contributed by atoms with Crippen molar-refractivity contribution < 1.29 is 9.84 Å². The third-order valence-electron chi connectivity index (χ3n) is 3.95. The van der Waals surface area contributed by atoms with Gasteiger partial charge in [-0.15, -0.1) is 0 Å². The lowest BCUT2D eigenvalue weighted by atomic mass is 9.85. The first-order valence-electron chi connectivity index (χ1n) is 6.81. The van der Waals surface area contributed by atoms with Gasteiger partial charge in [0.15, 0.2) is 0 Å². The molecule has 2 aliphatic rings. The van der Waals surface area contributed by atoms with E-state index in [1.54, 1.807) is 0 Å². The molecule has 0 heterocycles. The van der Waals surface area contributed by atoms with E-state index < -0.39 is 0 Å². The Labute approximate surface area is 98.6 Å². The third-order valence-corrected chi connectivity index (χ3v) is 3.95. The van der Waals surface area contributed by atoms with Gasteiger partial charge in [0, 0.05) is 12.6 Å². The predicted molar refractivity (Wildman–Crippen MR) is 64.4 cm³/mol. The van der Waals surface area contributed by atoms with Crippen LogP contribution in [-0.4, -0.2) is 36.5 Å². The lowest BCUT2D eigenvalue weighted by molar-refractivity contribution is -0.0116. The van der Waals surface area contributed by atoms with Crippen LogP contribution in [0.5, 0.6) is 0 Å². The summed E-state index contributed by atoms with van der Waals surface area (Å²) >= 11 is 0. The number of hydrogen-bond acceptors (Lipinski definition) is 3. The van der Waals surface area contributed by atoms with Crippen molar-refractivity contribution in [3.8, 4) is 0 Å². The van der Waals surface area contributed by atoms with Crippen molar-refractivity contribution in [1.29, 1.82) is 0 Å². The number of nitrogens with one attached hydrogen (secondary N) is 1. The minimum atomic E-state index is -0.0434. The molecule has 0 bridgehead atoms. The van der Waals surface area contributed by atoms with E-state index in [1.165, 1.54) is 25.7 Å². The highest BCUT2D eigenvalue weighted by Gasteiger charge is 2.30. The van der Waals surface area contributed by atoms with Crippen LogP contribution < -0.4 is 5.32 Å². The second-order valence-corrected chi connectivity index (χ2v) is 5.34. The number of aliphatic hydroxyl groups excluding tert-OH is 1. The molecule has 16 heavy (non-hydrogen) atoms. The van der Waals surface area contributed by atoms with Gasteiger partial charge in [-0.2, -0.15) is 0 Å². The molecule has 2 rings (SSSR count). The van der Waals surface area contributed by atoms with Crippen molar-refractivity contribution in [3.05, 3.63) is 0 Å². The summed E-state index contributed by atoms with van der Waals surface area (Å²) in [6.45, 7) is 3.98. The Morgan fingerprint density at radius 3 is 2.75 bits per heavy atom. The monoisotopic (exact) mass is 227 g/mol. The van der Waals surface area contributed by atoms with E-state index in [9.17, 15) is 5.11 Å². The highest BCUT2D eigenvalue weighted by atomic mass is 16.5. The Morgan fingerprint density at radius 1 is 1.25 bits per heavy atom. The largest absolute Gasteiger partial charge is 0.393 e. The summed E-state index contributed by atoms with van der Waals surface area (Å²) in [4.78, 5) is 0. The second-order valence-electron chi connectivity index (χ2n) is 5.34. The van der Waals surface area contributed by atoms with Gasteiger partial charge in [-0.05, 0) is 51.5 Å². The molecule has 0 aromatic heterocycles. The van der Waals surface area contributed by atoms with E-state index in [0.717, 1.165) is 26.0 Å². The standard InChI is InChI=1S/C13H25NO2/c1-2-16-13-7-11(8-13)14-9-10-4-3-5-12(15)6-10/h10-15H,2-9H2,1H3. The first kappa shape index (κ1) is 12.3. The molecule has 0 aromatic carbocycles. The molecular weight excluding hydrogens is 202 g/mol. The molecule has 2 N–H and O–H groups in total. The van der Waals surface area contributed by atoms with Gasteiger partial charge in [0.2, 0.25) is 0 Å². The summed E-state index contributed by atoms with van der Waals surface area (Å²) in [5.74, 6) is 0.690. The Balaban J connectivity index is 1.55. The Bertz CT molecular complexity index is 204. The van der Waals surface area contributed by atoms with Crippen LogP contribution in [0.25, 0.3) is 0 Å². The molecule has 3 nitrogen and oxygen atoms in total. The van der Waals surface area contributed by atoms with Gasteiger partial charge < -0.3 is 15.2 Å². The zero-order chi connectivity index (χ0) is 11.4. The molecule has 0 radical (unpaired) electrons. The van der Waals surface area contributed by atoms with Crippen LogP contribution >= 0.6 is 0 Å². The second kappa shape index (κ2) is 5.99. The number of rotatable bonds is 5. The maximum absolute atomic E-state index is 9.58. The molecule has 2 atom stereocenters. The minimum Gasteiger partial charge on any atom is -0.393 e. The van der Waals surface area contributed by atoms with Crippen LogP contribution in [0.1, 0.15) is 45.4 Å². The molecule has 2 unspecified atom stereocenters. The van der Waals surface area contributed by atoms with Crippen molar-refractivity contribution >= 4 is 0 Å². The van der Waals surface area contributed by atoms with Crippen LogP contribution in [0, 0.1) is 5.92 Å². The van der Waals surface area contributed by atoms with Crippen LogP contribution in [0.2, 0.25) is 0 Å². The van der Waals surface area contributed by atoms with Crippen LogP contribution in [0.3, 0.4) is 0 Å². The SMILES string of the molecule is CCOC1CC(NCC2CCCC(O)C2)C1. The topological polar surface area (TPSA) is 41.5 Å². The van der Waals surface area contributed by atoms with Crippen molar-refractivity contribution in [2.45, 2.75) is 63.7 Å². The zero-order valence-electron chi connectivity index (χ0n) is 10.3. The summed E-state index contributed by atoms with van der Waals surface area (Å²) in [5, 5.41) is 13.2. The highest BCUT2D eigenvalue weighted by Crippen LogP contribution is 2.26. The molecule has 94 valence electrons. The normalized spacial score (nSPS) is 39.4.